The zero-order chi connectivity index (χ0) is 19.1. The van der Waals surface area contributed by atoms with Crippen molar-refractivity contribution in [3.8, 4) is 6.07 Å². The van der Waals surface area contributed by atoms with Gasteiger partial charge in [-0.05, 0) is 35.9 Å². The van der Waals surface area contributed by atoms with Gasteiger partial charge < -0.3 is 10.6 Å². The molecule has 26 heavy (non-hydrogen) atoms. The molecule has 0 saturated carbocycles. The van der Waals surface area contributed by atoms with Crippen LogP contribution in [0, 0.1) is 21.4 Å². The van der Waals surface area contributed by atoms with E-state index in [0.717, 1.165) is 0 Å². The number of nitriles is 1. The molecule has 0 aromatic heterocycles. The molecule has 2 amide bonds. The molecule has 0 aliphatic rings. The molecular weight excluding hydrogens is 336 g/mol. The van der Waals surface area contributed by atoms with Gasteiger partial charge in [0.25, 0.3) is 11.6 Å². The number of hydrogen-bond donors (Lipinski definition) is 2. The van der Waals surface area contributed by atoms with E-state index in [-0.39, 0.29) is 17.2 Å². The maximum atomic E-state index is 12.2. The number of non-ortho nitro benzene ring substituents is 1. The lowest BCUT2D eigenvalue weighted by molar-refractivity contribution is -0.384. The quantitative estimate of drug-likeness (QED) is 0.371. The highest BCUT2D eigenvalue weighted by Gasteiger charge is 2.11. The Morgan fingerprint density at radius 1 is 1.12 bits per heavy atom. The van der Waals surface area contributed by atoms with Gasteiger partial charge in [0.2, 0.25) is 5.91 Å². The van der Waals surface area contributed by atoms with Crippen molar-refractivity contribution in [1.82, 2.24) is 0 Å². The lowest BCUT2D eigenvalue weighted by atomic mass is 10.1. The van der Waals surface area contributed by atoms with Gasteiger partial charge in [-0.2, -0.15) is 5.26 Å². The Hall–Kier alpha value is -3.99. The minimum atomic E-state index is -0.647. The number of benzene rings is 2. The third-order valence-electron chi connectivity index (χ3n) is 3.22. The summed E-state index contributed by atoms with van der Waals surface area (Å²) < 4.78 is 0. The van der Waals surface area contributed by atoms with Gasteiger partial charge in [-0.1, -0.05) is 12.1 Å². The predicted molar refractivity (Wildman–Crippen MR) is 96.1 cm³/mol. The lowest BCUT2D eigenvalue weighted by Crippen LogP contribution is -2.13. The average molecular weight is 350 g/mol. The minimum Gasteiger partial charge on any atom is -0.326 e. The zero-order valence-corrected chi connectivity index (χ0v) is 13.7. The van der Waals surface area contributed by atoms with Crippen molar-refractivity contribution < 1.29 is 14.5 Å². The smallest absolute Gasteiger partial charge is 0.270 e. The second kappa shape index (κ2) is 8.21. The van der Waals surface area contributed by atoms with Crippen molar-refractivity contribution in [3.05, 3.63) is 69.8 Å². The summed E-state index contributed by atoms with van der Waals surface area (Å²) in [5.74, 6) is -0.861. The number of nitro groups is 1. The first kappa shape index (κ1) is 18.4. The molecule has 0 saturated heterocycles. The average Bonchev–Trinajstić information content (AvgIpc) is 2.61. The summed E-state index contributed by atoms with van der Waals surface area (Å²) in [5.41, 5.74) is 1.04. The van der Waals surface area contributed by atoms with E-state index in [1.807, 2.05) is 0 Å². The Morgan fingerprint density at radius 2 is 1.73 bits per heavy atom. The fraction of sp³-hybridized carbons (Fsp3) is 0.0556. The van der Waals surface area contributed by atoms with Crippen LogP contribution < -0.4 is 10.6 Å². The summed E-state index contributed by atoms with van der Waals surface area (Å²) in [7, 11) is 0. The number of nitrogens with one attached hydrogen (secondary N) is 2. The van der Waals surface area contributed by atoms with Crippen LogP contribution in [0.1, 0.15) is 12.5 Å². The van der Waals surface area contributed by atoms with E-state index in [4.69, 9.17) is 0 Å². The van der Waals surface area contributed by atoms with Gasteiger partial charge in [0.15, 0.2) is 0 Å². The highest BCUT2D eigenvalue weighted by molar-refractivity contribution is 6.09. The van der Waals surface area contributed by atoms with Crippen LogP contribution >= 0.6 is 0 Å². The molecule has 8 heteroatoms. The predicted octanol–water partition coefficient (Wildman–Crippen LogP) is 3.10. The van der Waals surface area contributed by atoms with Gasteiger partial charge in [0.1, 0.15) is 11.6 Å². The standard InChI is InChI=1S/C18H14N4O4/c1-12(23)20-15-5-7-16(8-6-15)21-18(24)14(11-19)9-13-3-2-4-17(10-13)22(25)26/h2-10H,1H3,(H,20,23)(H,21,24)/b14-9+. The maximum absolute atomic E-state index is 12.2. The van der Waals surface area contributed by atoms with E-state index < -0.39 is 10.8 Å². The van der Waals surface area contributed by atoms with Crippen LogP contribution in [0.15, 0.2) is 54.1 Å². The molecule has 0 aliphatic heterocycles. The van der Waals surface area contributed by atoms with E-state index in [1.165, 1.54) is 31.2 Å². The number of nitrogens with zero attached hydrogens (tertiary/aromatic N) is 2. The first-order valence-electron chi connectivity index (χ1n) is 7.44. The number of anilines is 2. The fourth-order valence-electron chi connectivity index (χ4n) is 2.08. The second-order valence-corrected chi connectivity index (χ2v) is 5.23. The highest BCUT2D eigenvalue weighted by Crippen LogP contribution is 2.17. The minimum absolute atomic E-state index is 0.134. The SMILES string of the molecule is CC(=O)Nc1ccc(NC(=O)/C(C#N)=C/c2cccc([N+](=O)[O-])c2)cc1. The number of amides is 2. The summed E-state index contributed by atoms with van der Waals surface area (Å²) in [5, 5.41) is 25.1. The van der Waals surface area contributed by atoms with Gasteiger partial charge in [-0.25, -0.2) is 0 Å². The zero-order valence-electron chi connectivity index (χ0n) is 13.7. The normalized spacial score (nSPS) is 10.5. The van der Waals surface area contributed by atoms with Crippen LogP contribution in [-0.2, 0) is 9.59 Å². The molecule has 130 valence electrons. The van der Waals surface area contributed by atoms with Crippen LogP contribution in [0.2, 0.25) is 0 Å². The lowest BCUT2D eigenvalue weighted by Gasteiger charge is -2.06. The van der Waals surface area contributed by atoms with Crippen LogP contribution in [0.3, 0.4) is 0 Å². The van der Waals surface area contributed by atoms with Crippen LogP contribution in [0.25, 0.3) is 6.08 Å². The van der Waals surface area contributed by atoms with Gasteiger partial charge in [0, 0.05) is 30.4 Å². The molecule has 0 heterocycles. The molecule has 2 aromatic carbocycles. The van der Waals surface area contributed by atoms with Crippen molar-refractivity contribution in [3.63, 3.8) is 0 Å². The number of carbonyl (C=O) groups is 2. The Kier molecular flexibility index (Phi) is 5.79. The Bertz CT molecular complexity index is 927. The Morgan fingerprint density at radius 3 is 2.27 bits per heavy atom. The molecule has 0 bridgehead atoms. The summed E-state index contributed by atoms with van der Waals surface area (Å²) in [4.78, 5) is 33.4. The van der Waals surface area contributed by atoms with Crippen molar-refractivity contribution in [2.45, 2.75) is 6.92 Å². The van der Waals surface area contributed by atoms with Crippen molar-refractivity contribution >= 4 is 35.0 Å². The molecule has 8 nitrogen and oxygen atoms in total. The van der Waals surface area contributed by atoms with Crippen LogP contribution in [0.5, 0.6) is 0 Å². The number of rotatable bonds is 5. The highest BCUT2D eigenvalue weighted by atomic mass is 16.6. The maximum Gasteiger partial charge on any atom is 0.270 e. The molecule has 0 unspecified atom stereocenters. The first-order chi connectivity index (χ1) is 12.4. The van der Waals surface area contributed by atoms with E-state index in [2.05, 4.69) is 10.6 Å². The number of hydrogen-bond acceptors (Lipinski definition) is 5. The van der Waals surface area contributed by atoms with Crippen LogP contribution in [0.4, 0.5) is 17.1 Å². The molecule has 2 N–H and O–H groups in total. The van der Waals surface area contributed by atoms with E-state index in [0.29, 0.717) is 16.9 Å². The largest absolute Gasteiger partial charge is 0.326 e. The third-order valence-corrected chi connectivity index (χ3v) is 3.22. The topological polar surface area (TPSA) is 125 Å². The number of carbonyl (C=O) groups excluding carboxylic acids is 2. The molecule has 0 fully saturated rings. The third kappa shape index (κ3) is 5.01. The monoisotopic (exact) mass is 350 g/mol. The molecule has 2 rings (SSSR count). The van der Waals surface area contributed by atoms with E-state index in [9.17, 15) is 25.0 Å². The van der Waals surface area contributed by atoms with Crippen molar-refractivity contribution in [1.29, 1.82) is 5.26 Å². The number of nitro benzene ring substituents is 1. The van der Waals surface area contributed by atoms with Crippen molar-refractivity contribution in [2.24, 2.45) is 0 Å². The summed E-state index contributed by atoms with van der Waals surface area (Å²) >= 11 is 0. The molecule has 0 spiro atoms. The summed E-state index contributed by atoms with van der Waals surface area (Å²) in [6.07, 6.45) is 1.27. The summed E-state index contributed by atoms with van der Waals surface area (Å²) in [6.45, 7) is 1.38. The van der Waals surface area contributed by atoms with E-state index >= 15 is 0 Å². The molecule has 0 atom stereocenters. The fourth-order valence-corrected chi connectivity index (χ4v) is 2.08. The second-order valence-electron chi connectivity index (χ2n) is 5.23. The van der Waals surface area contributed by atoms with Gasteiger partial charge >= 0.3 is 0 Å². The molecular formula is C18H14N4O4. The molecule has 0 aliphatic carbocycles. The van der Waals surface area contributed by atoms with E-state index in [1.54, 1.807) is 36.4 Å². The molecule has 0 radical (unpaired) electrons. The first-order valence-corrected chi connectivity index (χ1v) is 7.44. The Labute approximate surface area is 148 Å². The van der Waals surface area contributed by atoms with Crippen LogP contribution in [-0.4, -0.2) is 16.7 Å². The van der Waals surface area contributed by atoms with Gasteiger partial charge in [-0.3, -0.25) is 19.7 Å². The molecule has 2 aromatic rings. The van der Waals surface area contributed by atoms with Gasteiger partial charge in [-0.15, -0.1) is 0 Å². The van der Waals surface area contributed by atoms with Crippen molar-refractivity contribution in [2.75, 3.05) is 10.6 Å². The summed E-state index contributed by atoms with van der Waals surface area (Å²) in [6, 6.07) is 13.8. The van der Waals surface area contributed by atoms with Gasteiger partial charge in [0.05, 0.1) is 4.92 Å². The Balaban J connectivity index is 2.16.